The fourth-order valence-corrected chi connectivity index (χ4v) is 1.49. The van der Waals surface area contributed by atoms with E-state index in [-0.39, 0.29) is 0 Å². The molecule has 2 aromatic heterocycles. The van der Waals surface area contributed by atoms with Crippen LogP contribution in [-0.4, -0.2) is 19.7 Å². The van der Waals surface area contributed by atoms with Crippen LogP contribution in [0.3, 0.4) is 0 Å². The number of aromatic amines is 1. The molecule has 0 atom stereocenters. The standard InChI is InChI=1S/C10H15N5/c1-2-15-8-12-7-10(15)6-11-5-9-3-4-13-14-9/h3-4,7-8,11H,2,5-6H2,1H3,(H,13,14). The molecule has 2 aromatic rings. The Morgan fingerprint density at radius 1 is 1.47 bits per heavy atom. The number of imidazole rings is 1. The van der Waals surface area contributed by atoms with Gasteiger partial charge in [-0.2, -0.15) is 5.10 Å². The van der Waals surface area contributed by atoms with Crippen molar-refractivity contribution in [3.63, 3.8) is 0 Å². The zero-order valence-electron chi connectivity index (χ0n) is 8.77. The number of nitrogens with zero attached hydrogens (tertiary/aromatic N) is 3. The molecule has 0 amide bonds. The number of H-pyrrole nitrogens is 1. The highest BCUT2D eigenvalue weighted by molar-refractivity contribution is 5.00. The van der Waals surface area contributed by atoms with Gasteiger partial charge in [0.05, 0.1) is 12.0 Å². The molecule has 5 heteroatoms. The lowest BCUT2D eigenvalue weighted by atomic mass is 10.4. The zero-order valence-corrected chi connectivity index (χ0v) is 8.77. The summed E-state index contributed by atoms with van der Waals surface area (Å²) < 4.78 is 2.12. The molecule has 0 aliphatic heterocycles. The summed E-state index contributed by atoms with van der Waals surface area (Å²) in [7, 11) is 0. The molecule has 0 aromatic carbocycles. The van der Waals surface area contributed by atoms with Crippen LogP contribution in [-0.2, 0) is 19.6 Å². The Morgan fingerprint density at radius 2 is 2.40 bits per heavy atom. The van der Waals surface area contributed by atoms with Crippen molar-refractivity contribution >= 4 is 0 Å². The fraction of sp³-hybridized carbons (Fsp3) is 0.400. The van der Waals surface area contributed by atoms with Crippen LogP contribution in [0.15, 0.2) is 24.8 Å². The molecule has 0 radical (unpaired) electrons. The molecule has 0 aliphatic rings. The molecule has 2 heterocycles. The average molecular weight is 205 g/mol. The monoisotopic (exact) mass is 205 g/mol. The summed E-state index contributed by atoms with van der Waals surface area (Å²) in [6, 6.07) is 1.96. The van der Waals surface area contributed by atoms with Gasteiger partial charge in [0, 0.05) is 37.7 Å². The van der Waals surface area contributed by atoms with E-state index >= 15 is 0 Å². The molecule has 0 unspecified atom stereocenters. The first-order valence-corrected chi connectivity index (χ1v) is 5.08. The second-order valence-electron chi connectivity index (χ2n) is 3.36. The highest BCUT2D eigenvalue weighted by Crippen LogP contribution is 1.99. The van der Waals surface area contributed by atoms with E-state index in [0.717, 1.165) is 25.3 Å². The van der Waals surface area contributed by atoms with Gasteiger partial charge in [0.25, 0.3) is 0 Å². The lowest BCUT2D eigenvalue weighted by Gasteiger charge is -2.05. The van der Waals surface area contributed by atoms with Crippen molar-refractivity contribution in [1.82, 2.24) is 25.1 Å². The molecular formula is C10H15N5. The summed E-state index contributed by atoms with van der Waals surface area (Å²) in [4.78, 5) is 4.11. The van der Waals surface area contributed by atoms with Gasteiger partial charge in [-0.3, -0.25) is 5.10 Å². The van der Waals surface area contributed by atoms with Gasteiger partial charge in [0.2, 0.25) is 0 Å². The second kappa shape index (κ2) is 4.75. The second-order valence-corrected chi connectivity index (χ2v) is 3.36. The Hall–Kier alpha value is -1.62. The summed E-state index contributed by atoms with van der Waals surface area (Å²) in [6.07, 6.45) is 5.50. The smallest absolute Gasteiger partial charge is 0.0948 e. The van der Waals surface area contributed by atoms with E-state index in [0.29, 0.717) is 0 Å². The molecule has 0 fully saturated rings. The molecule has 5 nitrogen and oxygen atoms in total. The Kier molecular flexibility index (Phi) is 3.14. The van der Waals surface area contributed by atoms with Crippen molar-refractivity contribution in [3.05, 3.63) is 36.2 Å². The van der Waals surface area contributed by atoms with Crippen LogP contribution < -0.4 is 5.32 Å². The predicted octanol–water partition coefficient (Wildman–Crippen LogP) is 0.916. The van der Waals surface area contributed by atoms with Crippen LogP contribution in [0.5, 0.6) is 0 Å². The molecule has 0 spiro atoms. The zero-order chi connectivity index (χ0) is 10.5. The Labute approximate surface area is 88.5 Å². The highest BCUT2D eigenvalue weighted by atomic mass is 15.1. The van der Waals surface area contributed by atoms with E-state index in [9.17, 15) is 0 Å². The van der Waals surface area contributed by atoms with Gasteiger partial charge in [0.15, 0.2) is 0 Å². The van der Waals surface area contributed by atoms with E-state index < -0.39 is 0 Å². The minimum absolute atomic E-state index is 0.800. The average Bonchev–Trinajstić information content (AvgIpc) is 2.88. The van der Waals surface area contributed by atoms with Gasteiger partial charge >= 0.3 is 0 Å². The van der Waals surface area contributed by atoms with Gasteiger partial charge < -0.3 is 9.88 Å². The Bertz CT molecular complexity index is 390. The molecule has 80 valence electrons. The van der Waals surface area contributed by atoms with E-state index in [1.54, 1.807) is 6.20 Å². The maximum atomic E-state index is 4.11. The van der Waals surface area contributed by atoms with Crippen LogP contribution in [0.1, 0.15) is 18.3 Å². The third kappa shape index (κ3) is 2.44. The molecule has 2 N–H and O–H groups in total. The first-order chi connectivity index (χ1) is 7.40. The molecule has 0 bridgehead atoms. The van der Waals surface area contributed by atoms with Crippen molar-refractivity contribution < 1.29 is 0 Å². The number of nitrogens with one attached hydrogen (secondary N) is 2. The van der Waals surface area contributed by atoms with Crippen molar-refractivity contribution in [2.24, 2.45) is 0 Å². The first kappa shape index (κ1) is 9.92. The summed E-state index contributed by atoms with van der Waals surface area (Å²) >= 11 is 0. The van der Waals surface area contributed by atoms with Crippen LogP contribution in [0.4, 0.5) is 0 Å². The maximum Gasteiger partial charge on any atom is 0.0948 e. The van der Waals surface area contributed by atoms with Crippen LogP contribution >= 0.6 is 0 Å². The molecule has 0 saturated heterocycles. The van der Waals surface area contributed by atoms with Crippen LogP contribution in [0.2, 0.25) is 0 Å². The molecule has 0 aliphatic carbocycles. The van der Waals surface area contributed by atoms with E-state index in [4.69, 9.17) is 0 Å². The summed E-state index contributed by atoms with van der Waals surface area (Å²) in [6.45, 7) is 4.70. The van der Waals surface area contributed by atoms with E-state index in [2.05, 4.69) is 32.0 Å². The molecule has 0 saturated carbocycles. The minimum Gasteiger partial charge on any atom is -0.334 e. The van der Waals surface area contributed by atoms with Crippen molar-refractivity contribution in [2.45, 2.75) is 26.6 Å². The van der Waals surface area contributed by atoms with Gasteiger partial charge in [-0.15, -0.1) is 0 Å². The van der Waals surface area contributed by atoms with Gasteiger partial charge in [-0.05, 0) is 13.0 Å². The largest absolute Gasteiger partial charge is 0.334 e. The van der Waals surface area contributed by atoms with Gasteiger partial charge in [-0.1, -0.05) is 0 Å². The van der Waals surface area contributed by atoms with Crippen molar-refractivity contribution in [1.29, 1.82) is 0 Å². The number of hydrogen-bond donors (Lipinski definition) is 2. The summed E-state index contributed by atoms with van der Waals surface area (Å²) in [5, 5.41) is 10.1. The first-order valence-electron chi connectivity index (χ1n) is 5.08. The quantitative estimate of drug-likeness (QED) is 0.763. The SMILES string of the molecule is CCn1cncc1CNCc1ccn[nH]1. The van der Waals surface area contributed by atoms with E-state index in [1.807, 2.05) is 18.6 Å². The number of hydrogen-bond acceptors (Lipinski definition) is 3. The van der Waals surface area contributed by atoms with Gasteiger partial charge in [0.1, 0.15) is 0 Å². The lowest BCUT2D eigenvalue weighted by Crippen LogP contribution is -2.15. The summed E-state index contributed by atoms with van der Waals surface area (Å²) in [5.74, 6) is 0. The molecule has 2 rings (SSSR count). The predicted molar refractivity (Wildman–Crippen MR) is 57.0 cm³/mol. The van der Waals surface area contributed by atoms with E-state index in [1.165, 1.54) is 5.69 Å². The van der Waals surface area contributed by atoms with Crippen LogP contribution in [0, 0.1) is 0 Å². The maximum absolute atomic E-state index is 4.11. The number of rotatable bonds is 5. The highest BCUT2D eigenvalue weighted by Gasteiger charge is 1.99. The molecular weight excluding hydrogens is 190 g/mol. The Morgan fingerprint density at radius 3 is 3.13 bits per heavy atom. The number of aryl methyl sites for hydroxylation is 1. The lowest BCUT2D eigenvalue weighted by molar-refractivity contribution is 0.621. The van der Waals surface area contributed by atoms with Crippen molar-refractivity contribution in [3.8, 4) is 0 Å². The fourth-order valence-electron chi connectivity index (χ4n) is 1.49. The van der Waals surface area contributed by atoms with Crippen LogP contribution in [0.25, 0.3) is 0 Å². The van der Waals surface area contributed by atoms with Crippen molar-refractivity contribution in [2.75, 3.05) is 0 Å². The molecule has 15 heavy (non-hydrogen) atoms. The number of aromatic nitrogens is 4. The topological polar surface area (TPSA) is 58.5 Å². The van der Waals surface area contributed by atoms with Gasteiger partial charge in [-0.25, -0.2) is 4.98 Å². The third-order valence-electron chi connectivity index (χ3n) is 2.32. The normalized spacial score (nSPS) is 10.7. The summed E-state index contributed by atoms with van der Waals surface area (Å²) in [5.41, 5.74) is 2.30. The minimum atomic E-state index is 0.800. The Balaban J connectivity index is 1.83. The third-order valence-corrected chi connectivity index (χ3v) is 2.32.